The molecule has 21 heavy (non-hydrogen) atoms. The first-order valence-electron chi connectivity index (χ1n) is 7.08. The molecule has 0 bridgehead atoms. The van der Waals surface area contributed by atoms with Gasteiger partial charge in [-0.05, 0) is 12.5 Å². The van der Waals surface area contributed by atoms with Crippen molar-refractivity contribution >= 4 is 12.0 Å². The summed E-state index contributed by atoms with van der Waals surface area (Å²) in [5.41, 5.74) is 0.954. The summed E-state index contributed by atoms with van der Waals surface area (Å²) in [4.78, 5) is 24.8. The predicted molar refractivity (Wildman–Crippen MR) is 77.2 cm³/mol. The number of carboxylic acid groups (broad SMARTS) is 1. The number of ether oxygens (including phenoxy) is 1. The van der Waals surface area contributed by atoms with E-state index >= 15 is 0 Å². The minimum Gasteiger partial charge on any atom is -0.491 e. The summed E-state index contributed by atoms with van der Waals surface area (Å²) >= 11 is 0. The summed E-state index contributed by atoms with van der Waals surface area (Å²) in [5.74, 6) is -0.642. The standard InChI is InChI=1S/C15H20N2O4/c1-2-11(14(18)19)9-16-15(20)17-7-8-21-13-6-4-3-5-12(13)10-17/h3-6,11H,2,7-10H2,1H3,(H,16,20)(H,18,19). The van der Waals surface area contributed by atoms with E-state index in [0.717, 1.165) is 11.3 Å². The first-order valence-corrected chi connectivity index (χ1v) is 7.08. The van der Waals surface area contributed by atoms with Gasteiger partial charge in [0.15, 0.2) is 0 Å². The Hall–Kier alpha value is -2.24. The van der Waals surface area contributed by atoms with Gasteiger partial charge in [-0.1, -0.05) is 25.1 Å². The van der Waals surface area contributed by atoms with Crippen molar-refractivity contribution in [2.24, 2.45) is 5.92 Å². The number of carboxylic acids is 1. The molecule has 2 rings (SSSR count). The second-order valence-electron chi connectivity index (χ2n) is 5.01. The molecule has 114 valence electrons. The van der Waals surface area contributed by atoms with Crippen molar-refractivity contribution < 1.29 is 19.4 Å². The number of para-hydroxylation sites is 1. The van der Waals surface area contributed by atoms with Gasteiger partial charge in [-0.15, -0.1) is 0 Å². The summed E-state index contributed by atoms with van der Waals surface area (Å²) in [7, 11) is 0. The van der Waals surface area contributed by atoms with E-state index in [9.17, 15) is 9.59 Å². The molecule has 1 aromatic rings. The third-order valence-electron chi connectivity index (χ3n) is 3.58. The number of hydrogen-bond donors (Lipinski definition) is 2. The summed E-state index contributed by atoms with van der Waals surface area (Å²) in [6.45, 7) is 3.31. The second kappa shape index (κ2) is 6.97. The van der Waals surface area contributed by atoms with Gasteiger partial charge >= 0.3 is 12.0 Å². The summed E-state index contributed by atoms with van der Waals surface area (Å²) < 4.78 is 5.60. The Morgan fingerprint density at radius 3 is 2.90 bits per heavy atom. The van der Waals surface area contributed by atoms with Gasteiger partial charge in [0.2, 0.25) is 0 Å². The Morgan fingerprint density at radius 1 is 1.43 bits per heavy atom. The average Bonchev–Trinajstić information content (AvgIpc) is 2.69. The highest BCUT2D eigenvalue weighted by Gasteiger charge is 2.21. The number of aliphatic carboxylic acids is 1. The van der Waals surface area contributed by atoms with Crippen LogP contribution in [0.1, 0.15) is 18.9 Å². The Kier molecular flexibility index (Phi) is 5.03. The lowest BCUT2D eigenvalue weighted by Gasteiger charge is -2.21. The molecule has 1 aromatic carbocycles. The third-order valence-corrected chi connectivity index (χ3v) is 3.58. The molecule has 0 radical (unpaired) electrons. The molecule has 0 aromatic heterocycles. The number of carbonyl (C=O) groups excluding carboxylic acids is 1. The van der Waals surface area contributed by atoms with Gasteiger partial charge in [0.1, 0.15) is 12.4 Å². The highest BCUT2D eigenvalue weighted by Crippen LogP contribution is 2.22. The van der Waals surface area contributed by atoms with Crippen LogP contribution in [0.3, 0.4) is 0 Å². The van der Waals surface area contributed by atoms with Crippen LogP contribution in [0.2, 0.25) is 0 Å². The maximum atomic E-state index is 12.2. The lowest BCUT2D eigenvalue weighted by Crippen LogP contribution is -2.43. The molecular formula is C15H20N2O4. The van der Waals surface area contributed by atoms with Crippen molar-refractivity contribution in [2.75, 3.05) is 19.7 Å². The highest BCUT2D eigenvalue weighted by atomic mass is 16.5. The number of carbonyl (C=O) groups is 2. The van der Waals surface area contributed by atoms with Gasteiger partial charge in [0.05, 0.1) is 19.0 Å². The lowest BCUT2D eigenvalue weighted by atomic mass is 10.1. The van der Waals surface area contributed by atoms with E-state index in [1.54, 1.807) is 11.8 Å². The zero-order valence-corrected chi connectivity index (χ0v) is 12.0. The molecule has 6 nitrogen and oxygen atoms in total. The molecule has 2 N–H and O–H groups in total. The first kappa shape index (κ1) is 15.2. The average molecular weight is 292 g/mol. The van der Waals surface area contributed by atoms with Crippen LogP contribution < -0.4 is 10.1 Å². The molecule has 1 heterocycles. The quantitative estimate of drug-likeness (QED) is 0.885. The topological polar surface area (TPSA) is 78.9 Å². The van der Waals surface area contributed by atoms with Crippen LogP contribution >= 0.6 is 0 Å². The minimum absolute atomic E-state index is 0.143. The van der Waals surface area contributed by atoms with Crippen LogP contribution in [0.15, 0.2) is 24.3 Å². The highest BCUT2D eigenvalue weighted by molar-refractivity contribution is 5.76. The van der Waals surface area contributed by atoms with Crippen molar-refractivity contribution in [3.05, 3.63) is 29.8 Å². The number of benzene rings is 1. The monoisotopic (exact) mass is 292 g/mol. The lowest BCUT2D eigenvalue weighted by molar-refractivity contribution is -0.141. The van der Waals surface area contributed by atoms with Crippen molar-refractivity contribution in [2.45, 2.75) is 19.9 Å². The van der Waals surface area contributed by atoms with E-state index in [1.165, 1.54) is 0 Å². The molecule has 0 aliphatic carbocycles. The molecule has 0 spiro atoms. The molecule has 6 heteroatoms. The molecule has 0 saturated heterocycles. The zero-order chi connectivity index (χ0) is 15.2. The summed E-state index contributed by atoms with van der Waals surface area (Å²) in [6, 6.07) is 7.35. The molecule has 2 amide bonds. The maximum absolute atomic E-state index is 12.2. The Balaban J connectivity index is 1.95. The molecule has 0 fully saturated rings. The van der Waals surface area contributed by atoms with Gasteiger partial charge in [-0.2, -0.15) is 0 Å². The fourth-order valence-electron chi connectivity index (χ4n) is 2.23. The molecule has 1 aliphatic heterocycles. The van der Waals surface area contributed by atoms with E-state index in [0.29, 0.717) is 26.1 Å². The molecular weight excluding hydrogens is 272 g/mol. The Bertz CT molecular complexity index is 518. The summed E-state index contributed by atoms with van der Waals surface area (Å²) in [5, 5.41) is 11.7. The molecule has 1 atom stereocenters. The van der Waals surface area contributed by atoms with Gasteiger partial charge < -0.3 is 20.1 Å². The van der Waals surface area contributed by atoms with Crippen LogP contribution in [0.4, 0.5) is 4.79 Å². The van der Waals surface area contributed by atoms with Crippen LogP contribution in [-0.2, 0) is 11.3 Å². The number of amides is 2. The van der Waals surface area contributed by atoms with E-state index in [1.807, 2.05) is 24.3 Å². The predicted octanol–water partition coefficient (Wildman–Crippen LogP) is 1.70. The molecule has 0 saturated carbocycles. The van der Waals surface area contributed by atoms with Crippen molar-refractivity contribution in [3.8, 4) is 5.75 Å². The van der Waals surface area contributed by atoms with Crippen molar-refractivity contribution in [1.82, 2.24) is 10.2 Å². The van der Waals surface area contributed by atoms with Crippen molar-refractivity contribution in [3.63, 3.8) is 0 Å². The normalized spacial score (nSPS) is 15.4. The number of nitrogens with zero attached hydrogens (tertiary/aromatic N) is 1. The second-order valence-corrected chi connectivity index (χ2v) is 5.01. The van der Waals surface area contributed by atoms with Gasteiger partial charge in [0.25, 0.3) is 0 Å². The zero-order valence-electron chi connectivity index (χ0n) is 12.0. The van der Waals surface area contributed by atoms with E-state index in [2.05, 4.69) is 5.32 Å². The third kappa shape index (κ3) is 3.87. The Morgan fingerprint density at radius 2 is 2.19 bits per heavy atom. The fraction of sp³-hybridized carbons (Fsp3) is 0.467. The smallest absolute Gasteiger partial charge is 0.317 e. The van der Waals surface area contributed by atoms with Crippen LogP contribution in [0.25, 0.3) is 0 Å². The van der Waals surface area contributed by atoms with Crippen LogP contribution in [-0.4, -0.2) is 41.7 Å². The van der Waals surface area contributed by atoms with Crippen molar-refractivity contribution in [1.29, 1.82) is 0 Å². The molecule has 1 unspecified atom stereocenters. The molecule has 1 aliphatic rings. The minimum atomic E-state index is -0.887. The number of hydrogen-bond acceptors (Lipinski definition) is 3. The number of nitrogens with one attached hydrogen (secondary N) is 1. The Labute approximate surface area is 123 Å². The number of rotatable bonds is 4. The van der Waals surface area contributed by atoms with E-state index in [4.69, 9.17) is 9.84 Å². The van der Waals surface area contributed by atoms with Gasteiger partial charge in [-0.3, -0.25) is 4.79 Å². The van der Waals surface area contributed by atoms with E-state index < -0.39 is 11.9 Å². The number of fused-ring (bicyclic) bond motifs is 1. The van der Waals surface area contributed by atoms with Gasteiger partial charge in [-0.25, -0.2) is 4.79 Å². The first-order chi connectivity index (χ1) is 10.1. The summed E-state index contributed by atoms with van der Waals surface area (Å²) in [6.07, 6.45) is 0.488. The SMILES string of the molecule is CCC(CNC(=O)N1CCOc2ccccc2C1)C(=O)O. The number of urea groups is 1. The fourth-order valence-corrected chi connectivity index (χ4v) is 2.23. The largest absolute Gasteiger partial charge is 0.491 e. The maximum Gasteiger partial charge on any atom is 0.317 e. The van der Waals surface area contributed by atoms with E-state index in [-0.39, 0.29) is 12.6 Å². The van der Waals surface area contributed by atoms with Crippen LogP contribution in [0.5, 0.6) is 5.75 Å². The van der Waals surface area contributed by atoms with Gasteiger partial charge in [0, 0.05) is 12.1 Å². The van der Waals surface area contributed by atoms with Crippen LogP contribution in [0, 0.1) is 5.92 Å².